The van der Waals surface area contributed by atoms with Crippen LogP contribution >= 0.6 is 0 Å². The molecule has 0 aromatic heterocycles. The van der Waals surface area contributed by atoms with Crippen LogP contribution in [-0.4, -0.2) is 43.3 Å². The van der Waals surface area contributed by atoms with Gasteiger partial charge in [-0.1, -0.05) is 92.2 Å². The first-order valence-corrected chi connectivity index (χ1v) is 17.2. The summed E-state index contributed by atoms with van der Waals surface area (Å²) >= 11 is 0. The summed E-state index contributed by atoms with van der Waals surface area (Å²) in [7, 11) is -4.24. The van der Waals surface area contributed by atoms with Gasteiger partial charge in [0.25, 0.3) is 10.0 Å². The third-order valence-corrected chi connectivity index (χ3v) is 9.59. The van der Waals surface area contributed by atoms with Gasteiger partial charge >= 0.3 is 0 Å². The molecule has 0 spiro atoms. The SMILES string of the molecule is Cc1ccc(S(=O)(=O)N(CC(=O)N(Cc2ccccc2F)[C@H](Cc2ccccc2)C(=O)NC(C)(C)C)c2ccc(C(C)C)cc2)cc1. The Morgan fingerprint density at radius 1 is 0.830 bits per heavy atom. The predicted molar refractivity (Wildman–Crippen MR) is 185 cm³/mol. The molecule has 248 valence electrons. The summed E-state index contributed by atoms with van der Waals surface area (Å²) in [4.78, 5) is 29.9. The maximum atomic E-state index is 15.1. The van der Waals surface area contributed by atoms with Crippen LogP contribution in [0.25, 0.3) is 0 Å². The Labute approximate surface area is 278 Å². The van der Waals surface area contributed by atoms with Gasteiger partial charge in [-0.15, -0.1) is 0 Å². The Bertz CT molecular complexity index is 1770. The van der Waals surface area contributed by atoms with Crippen LogP contribution in [0.15, 0.2) is 108 Å². The number of aryl methyl sites for hydroxylation is 1. The van der Waals surface area contributed by atoms with E-state index in [4.69, 9.17) is 0 Å². The van der Waals surface area contributed by atoms with Crippen molar-refractivity contribution < 1.29 is 22.4 Å². The van der Waals surface area contributed by atoms with Gasteiger partial charge in [0.05, 0.1) is 10.6 Å². The van der Waals surface area contributed by atoms with E-state index in [1.165, 1.54) is 23.1 Å². The summed E-state index contributed by atoms with van der Waals surface area (Å²) in [6.45, 7) is 10.6. The Morgan fingerprint density at radius 3 is 2.00 bits per heavy atom. The number of amides is 2. The Balaban J connectivity index is 1.83. The van der Waals surface area contributed by atoms with Crippen LogP contribution in [0.5, 0.6) is 0 Å². The van der Waals surface area contributed by atoms with E-state index < -0.39 is 45.8 Å². The first kappa shape index (κ1) is 35.4. The van der Waals surface area contributed by atoms with Crippen molar-refractivity contribution in [2.45, 2.75) is 76.9 Å². The molecule has 4 aromatic carbocycles. The van der Waals surface area contributed by atoms with E-state index in [9.17, 15) is 18.0 Å². The molecule has 0 saturated heterocycles. The highest BCUT2D eigenvalue weighted by atomic mass is 32.2. The molecule has 4 rings (SSSR count). The van der Waals surface area contributed by atoms with Crippen molar-refractivity contribution in [1.29, 1.82) is 0 Å². The number of rotatable bonds is 12. The molecule has 0 bridgehead atoms. The van der Waals surface area contributed by atoms with Crippen LogP contribution in [0.4, 0.5) is 10.1 Å². The van der Waals surface area contributed by atoms with Crippen LogP contribution in [0.3, 0.4) is 0 Å². The standard InChI is InChI=1S/C38H44FN3O4S/c1-27(2)30-18-20-32(21-19-30)42(47(45,46)33-22-16-28(3)17-23-33)26-36(43)41(25-31-14-10-11-15-34(31)39)35(37(44)40-38(4,5)6)24-29-12-8-7-9-13-29/h7-23,27,35H,24-26H2,1-6H3,(H,40,44)/t35-/m1/s1. The fourth-order valence-electron chi connectivity index (χ4n) is 5.21. The highest BCUT2D eigenvalue weighted by Gasteiger charge is 2.36. The summed E-state index contributed by atoms with van der Waals surface area (Å²) in [6.07, 6.45) is 0.136. The van der Waals surface area contributed by atoms with Crippen molar-refractivity contribution in [3.8, 4) is 0 Å². The number of halogens is 1. The third kappa shape index (κ3) is 9.29. The third-order valence-electron chi connectivity index (χ3n) is 7.80. The maximum Gasteiger partial charge on any atom is 0.264 e. The van der Waals surface area contributed by atoms with Crippen molar-refractivity contribution in [1.82, 2.24) is 10.2 Å². The van der Waals surface area contributed by atoms with E-state index in [2.05, 4.69) is 5.32 Å². The molecular weight excluding hydrogens is 614 g/mol. The van der Waals surface area contributed by atoms with Gasteiger partial charge in [0.1, 0.15) is 18.4 Å². The first-order chi connectivity index (χ1) is 22.2. The minimum atomic E-state index is -4.24. The van der Waals surface area contributed by atoms with Gasteiger partial charge in [-0.3, -0.25) is 13.9 Å². The number of hydrogen-bond donors (Lipinski definition) is 1. The molecule has 1 atom stereocenters. The van der Waals surface area contributed by atoms with Crippen LogP contribution in [-0.2, 0) is 32.6 Å². The fraction of sp³-hybridized carbons (Fsp3) is 0.316. The van der Waals surface area contributed by atoms with Gasteiger partial charge in [-0.25, -0.2) is 12.8 Å². The van der Waals surface area contributed by atoms with Gasteiger partial charge < -0.3 is 10.2 Å². The van der Waals surface area contributed by atoms with Gasteiger partial charge in [0, 0.05) is 24.1 Å². The molecule has 0 heterocycles. The second kappa shape index (κ2) is 14.9. The van der Waals surface area contributed by atoms with Crippen LogP contribution in [0, 0.1) is 12.7 Å². The largest absolute Gasteiger partial charge is 0.350 e. The highest BCUT2D eigenvalue weighted by molar-refractivity contribution is 7.92. The van der Waals surface area contributed by atoms with Gasteiger partial charge in [-0.05, 0) is 75.1 Å². The Kier molecular flexibility index (Phi) is 11.2. The number of carbonyl (C=O) groups is 2. The smallest absolute Gasteiger partial charge is 0.264 e. The molecule has 0 fully saturated rings. The minimum absolute atomic E-state index is 0.0239. The fourth-order valence-corrected chi connectivity index (χ4v) is 6.62. The number of hydrogen-bond acceptors (Lipinski definition) is 4. The first-order valence-electron chi connectivity index (χ1n) is 15.7. The summed E-state index contributed by atoms with van der Waals surface area (Å²) in [5, 5.41) is 2.98. The molecule has 7 nitrogen and oxygen atoms in total. The molecule has 4 aromatic rings. The highest BCUT2D eigenvalue weighted by Crippen LogP contribution is 2.27. The summed E-state index contributed by atoms with van der Waals surface area (Å²) in [5.41, 5.74) is 2.57. The predicted octanol–water partition coefficient (Wildman–Crippen LogP) is 7.01. The summed E-state index contributed by atoms with van der Waals surface area (Å²) in [5.74, 6) is -1.40. The zero-order valence-corrected chi connectivity index (χ0v) is 28.7. The van der Waals surface area contributed by atoms with E-state index in [0.717, 1.165) is 21.0 Å². The van der Waals surface area contributed by atoms with Gasteiger partial charge in [-0.2, -0.15) is 0 Å². The van der Waals surface area contributed by atoms with Crippen LogP contribution < -0.4 is 9.62 Å². The van der Waals surface area contributed by atoms with Crippen molar-refractivity contribution in [2.24, 2.45) is 0 Å². The van der Waals surface area contributed by atoms with Crippen molar-refractivity contribution in [2.75, 3.05) is 10.8 Å². The molecule has 1 N–H and O–H groups in total. The lowest BCUT2D eigenvalue weighted by atomic mass is 10.0. The average Bonchev–Trinajstić information content (AvgIpc) is 3.02. The molecule has 0 aliphatic rings. The topological polar surface area (TPSA) is 86.8 Å². The van der Waals surface area contributed by atoms with E-state index in [-0.39, 0.29) is 29.3 Å². The number of nitrogens with one attached hydrogen (secondary N) is 1. The Morgan fingerprint density at radius 2 is 1.43 bits per heavy atom. The van der Waals surface area contributed by atoms with Gasteiger partial charge in [0.15, 0.2) is 0 Å². The second-order valence-electron chi connectivity index (χ2n) is 13.1. The summed E-state index contributed by atoms with van der Waals surface area (Å²) < 4.78 is 44.6. The molecule has 0 saturated carbocycles. The Hall–Kier alpha value is -4.50. The van der Waals surface area contributed by atoms with E-state index in [0.29, 0.717) is 5.69 Å². The maximum absolute atomic E-state index is 15.1. The zero-order valence-electron chi connectivity index (χ0n) is 27.9. The van der Waals surface area contributed by atoms with Crippen LogP contribution in [0.2, 0.25) is 0 Å². The quantitative estimate of drug-likeness (QED) is 0.178. The number of carbonyl (C=O) groups excluding carboxylic acids is 2. The van der Waals surface area contributed by atoms with Crippen LogP contribution in [0.1, 0.15) is 62.8 Å². The van der Waals surface area contributed by atoms with Crippen molar-refractivity contribution in [3.05, 3.63) is 131 Å². The number of benzene rings is 4. The van der Waals surface area contributed by atoms with Crippen molar-refractivity contribution >= 4 is 27.5 Å². The van der Waals surface area contributed by atoms with Gasteiger partial charge in [0.2, 0.25) is 11.8 Å². The van der Waals surface area contributed by atoms with E-state index in [1.54, 1.807) is 42.5 Å². The lowest BCUT2D eigenvalue weighted by Gasteiger charge is -2.35. The second-order valence-corrected chi connectivity index (χ2v) is 15.0. The lowest BCUT2D eigenvalue weighted by Crippen LogP contribution is -2.56. The monoisotopic (exact) mass is 657 g/mol. The number of sulfonamides is 1. The molecule has 47 heavy (non-hydrogen) atoms. The normalized spacial score (nSPS) is 12.4. The lowest BCUT2D eigenvalue weighted by molar-refractivity contribution is -0.140. The summed E-state index contributed by atoms with van der Waals surface area (Å²) in [6, 6.07) is 27.7. The molecule has 0 aliphatic heterocycles. The molecule has 0 radical (unpaired) electrons. The molecule has 0 aliphatic carbocycles. The molecular formula is C38H44FN3O4S. The molecule has 9 heteroatoms. The molecule has 2 amide bonds. The van der Waals surface area contributed by atoms with E-state index in [1.807, 2.05) is 84.0 Å². The minimum Gasteiger partial charge on any atom is -0.350 e. The van der Waals surface area contributed by atoms with Crippen molar-refractivity contribution in [3.63, 3.8) is 0 Å². The number of anilines is 1. The molecule has 0 unspecified atom stereocenters. The zero-order chi connectivity index (χ0) is 34.4. The van der Waals surface area contributed by atoms with E-state index >= 15 is 4.39 Å². The average molecular weight is 658 g/mol. The number of nitrogens with zero attached hydrogens (tertiary/aromatic N) is 2.